The Morgan fingerprint density at radius 2 is 1.81 bits per heavy atom. The lowest BCUT2D eigenvalue weighted by Crippen LogP contribution is -2.53. The summed E-state index contributed by atoms with van der Waals surface area (Å²) in [4.78, 5) is 39.1. The van der Waals surface area contributed by atoms with Crippen molar-refractivity contribution in [2.75, 3.05) is 0 Å². The molecule has 0 bridgehead atoms. The molecular weight excluding hydrogens is 330 g/mol. The minimum absolute atomic E-state index is 0.0971. The molecule has 1 aliphatic heterocycles. The third kappa shape index (κ3) is 3.14. The smallest absolute Gasteiger partial charge is 0.256 e. The molecule has 6 nitrogen and oxygen atoms in total. The number of pyridine rings is 1. The highest BCUT2D eigenvalue weighted by Gasteiger charge is 2.37. The number of hydrogen-bond donors (Lipinski definition) is 1. The van der Waals surface area contributed by atoms with Crippen LogP contribution in [0.3, 0.4) is 0 Å². The molecule has 2 aromatic rings. The number of aryl methyl sites for hydroxylation is 1. The average molecular weight is 351 g/mol. The van der Waals surface area contributed by atoms with Crippen LogP contribution in [-0.2, 0) is 24.8 Å². The van der Waals surface area contributed by atoms with Crippen molar-refractivity contribution in [1.29, 1.82) is 0 Å². The van der Waals surface area contributed by atoms with E-state index in [0.717, 1.165) is 24.0 Å². The van der Waals surface area contributed by atoms with Crippen LogP contribution < -0.4 is 10.9 Å². The van der Waals surface area contributed by atoms with Crippen LogP contribution in [-0.4, -0.2) is 33.4 Å². The molecule has 134 valence electrons. The molecular formula is C20H21N3O3. The summed E-state index contributed by atoms with van der Waals surface area (Å²) in [6, 6.07) is 10.5. The largest absolute Gasteiger partial charge is 0.352 e. The summed E-state index contributed by atoms with van der Waals surface area (Å²) >= 11 is 0. The first-order valence-corrected chi connectivity index (χ1v) is 8.88. The van der Waals surface area contributed by atoms with Crippen molar-refractivity contribution in [3.8, 4) is 0 Å². The maximum absolute atomic E-state index is 13.1. The van der Waals surface area contributed by atoms with E-state index in [1.54, 1.807) is 11.9 Å². The number of nitrogens with zero attached hydrogens (tertiary/aromatic N) is 2. The molecule has 2 aliphatic rings. The van der Waals surface area contributed by atoms with E-state index in [4.69, 9.17) is 0 Å². The lowest BCUT2D eigenvalue weighted by atomic mass is 9.93. The SMILES string of the molecule is Cn1cc(C(=O)N2Cc3ccccc3C[C@H]2C(=O)NC2CC2)ccc1=O. The zero-order valence-electron chi connectivity index (χ0n) is 14.6. The first kappa shape index (κ1) is 16.6. The van der Waals surface area contributed by atoms with Gasteiger partial charge in [0.25, 0.3) is 5.91 Å². The summed E-state index contributed by atoms with van der Waals surface area (Å²) in [5.74, 6) is -0.328. The summed E-state index contributed by atoms with van der Waals surface area (Å²) in [5, 5.41) is 3.02. The van der Waals surface area contributed by atoms with Gasteiger partial charge < -0.3 is 14.8 Å². The van der Waals surface area contributed by atoms with Gasteiger partial charge in [0.2, 0.25) is 11.5 Å². The Balaban J connectivity index is 1.67. The molecule has 0 saturated heterocycles. The molecule has 6 heteroatoms. The van der Waals surface area contributed by atoms with Gasteiger partial charge in [0, 0.05) is 38.3 Å². The standard InChI is InChI=1S/C20H21N3O3/c1-22-11-15(6-9-18(22)24)20(26)23-12-14-5-3-2-4-13(14)10-17(23)19(25)21-16-7-8-16/h2-6,9,11,16-17H,7-8,10,12H2,1H3,(H,21,25)/t17-/m0/s1. The molecule has 1 aliphatic carbocycles. The predicted molar refractivity (Wildman–Crippen MR) is 96.7 cm³/mol. The van der Waals surface area contributed by atoms with Crippen molar-refractivity contribution >= 4 is 11.8 Å². The second-order valence-electron chi connectivity index (χ2n) is 7.07. The number of rotatable bonds is 3. The molecule has 1 atom stereocenters. The highest BCUT2D eigenvalue weighted by Crippen LogP contribution is 2.26. The number of carbonyl (C=O) groups excluding carboxylic acids is 2. The van der Waals surface area contributed by atoms with Gasteiger partial charge >= 0.3 is 0 Å². The van der Waals surface area contributed by atoms with Crippen molar-refractivity contribution in [2.45, 2.75) is 37.9 Å². The number of amides is 2. The van der Waals surface area contributed by atoms with Crippen LogP contribution in [0.25, 0.3) is 0 Å². The number of carbonyl (C=O) groups is 2. The van der Waals surface area contributed by atoms with Crippen molar-refractivity contribution in [1.82, 2.24) is 14.8 Å². The number of aromatic nitrogens is 1. The lowest BCUT2D eigenvalue weighted by Gasteiger charge is -2.36. The van der Waals surface area contributed by atoms with Crippen molar-refractivity contribution in [3.63, 3.8) is 0 Å². The maximum atomic E-state index is 13.1. The van der Waals surface area contributed by atoms with E-state index in [1.807, 2.05) is 24.3 Å². The van der Waals surface area contributed by atoms with E-state index in [9.17, 15) is 14.4 Å². The molecule has 2 heterocycles. The van der Waals surface area contributed by atoms with Gasteiger partial charge in [-0.2, -0.15) is 0 Å². The Bertz CT molecular complexity index is 930. The van der Waals surface area contributed by atoms with Crippen LogP contribution in [0.5, 0.6) is 0 Å². The molecule has 4 rings (SSSR count). The van der Waals surface area contributed by atoms with Crippen LogP contribution in [0.2, 0.25) is 0 Å². The molecule has 0 unspecified atom stereocenters. The van der Waals surface area contributed by atoms with Crippen molar-refractivity contribution < 1.29 is 9.59 Å². The Morgan fingerprint density at radius 1 is 1.08 bits per heavy atom. The molecule has 1 N–H and O–H groups in total. The molecule has 1 fully saturated rings. The third-order valence-electron chi connectivity index (χ3n) is 5.07. The van der Waals surface area contributed by atoms with Crippen molar-refractivity contribution in [3.05, 3.63) is 69.6 Å². The average Bonchev–Trinajstić information content (AvgIpc) is 3.46. The van der Waals surface area contributed by atoms with Gasteiger partial charge in [-0.15, -0.1) is 0 Å². The van der Waals surface area contributed by atoms with E-state index in [2.05, 4.69) is 5.32 Å². The van der Waals surface area contributed by atoms with Crippen LogP contribution in [0.4, 0.5) is 0 Å². The Kier molecular flexibility index (Phi) is 4.11. The maximum Gasteiger partial charge on any atom is 0.256 e. The third-order valence-corrected chi connectivity index (χ3v) is 5.07. The van der Waals surface area contributed by atoms with Gasteiger partial charge in [-0.1, -0.05) is 24.3 Å². The normalized spacial score (nSPS) is 19.0. The molecule has 2 amide bonds. The van der Waals surface area contributed by atoms with Gasteiger partial charge in [0.05, 0.1) is 5.56 Å². The Morgan fingerprint density at radius 3 is 2.50 bits per heavy atom. The fourth-order valence-corrected chi connectivity index (χ4v) is 3.38. The number of nitrogens with one attached hydrogen (secondary N) is 1. The van der Waals surface area contributed by atoms with Gasteiger partial charge in [-0.3, -0.25) is 14.4 Å². The van der Waals surface area contributed by atoms with Crippen LogP contribution in [0, 0.1) is 0 Å². The second kappa shape index (κ2) is 6.44. The van der Waals surface area contributed by atoms with E-state index in [0.29, 0.717) is 18.5 Å². The second-order valence-corrected chi connectivity index (χ2v) is 7.07. The lowest BCUT2D eigenvalue weighted by molar-refractivity contribution is -0.126. The number of benzene rings is 1. The van der Waals surface area contributed by atoms with E-state index >= 15 is 0 Å². The summed E-state index contributed by atoms with van der Waals surface area (Å²) in [6.07, 6.45) is 4.04. The Hall–Kier alpha value is -2.89. The topological polar surface area (TPSA) is 71.4 Å². The first-order valence-electron chi connectivity index (χ1n) is 8.88. The monoisotopic (exact) mass is 351 g/mol. The van der Waals surface area contributed by atoms with Gasteiger partial charge in [-0.05, 0) is 30.0 Å². The molecule has 1 saturated carbocycles. The van der Waals surface area contributed by atoms with Crippen LogP contribution in [0.15, 0.2) is 47.4 Å². The summed E-state index contributed by atoms with van der Waals surface area (Å²) < 4.78 is 1.38. The van der Waals surface area contributed by atoms with E-state index < -0.39 is 6.04 Å². The van der Waals surface area contributed by atoms with Crippen LogP contribution >= 0.6 is 0 Å². The first-order chi connectivity index (χ1) is 12.5. The van der Waals surface area contributed by atoms with E-state index in [1.165, 1.54) is 22.9 Å². The van der Waals surface area contributed by atoms with Crippen molar-refractivity contribution in [2.24, 2.45) is 7.05 Å². The zero-order chi connectivity index (χ0) is 18.3. The predicted octanol–water partition coefficient (Wildman–Crippen LogP) is 1.23. The molecule has 1 aromatic heterocycles. The van der Waals surface area contributed by atoms with E-state index in [-0.39, 0.29) is 23.4 Å². The highest BCUT2D eigenvalue weighted by molar-refractivity contribution is 5.97. The molecule has 0 spiro atoms. The minimum Gasteiger partial charge on any atom is -0.352 e. The van der Waals surface area contributed by atoms with Gasteiger partial charge in [-0.25, -0.2) is 0 Å². The Labute approximate surface area is 151 Å². The molecule has 26 heavy (non-hydrogen) atoms. The zero-order valence-corrected chi connectivity index (χ0v) is 14.6. The molecule has 0 radical (unpaired) electrons. The fraction of sp³-hybridized carbons (Fsp3) is 0.350. The fourth-order valence-electron chi connectivity index (χ4n) is 3.38. The minimum atomic E-state index is -0.532. The summed E-state index contributed by atoms with van der Waals surface area (Å²) in [5.41, 5.74) is 2.40. The summed E-state index contributed by atoms with van der Waals surface area (Å²) in [6.45, 7) is 0.389. The highest BCUT2D eigenvalue weighted by atomic mass is 16.2. The van der Waals surface area contributed by atoms with Gasteiger partial charge in [0.1, 0.15) is 6.04 Å². The number of hydrogen-bond acceptors (Lipinski definition) is 3. The van der Waals surface area contributed by atoms with Gasteiger partial charge in [0.15, 0.2) is 0 Å². The summed E-state index contributed by atoms with van der Waals surface area (Å²) in [7, 11) is 1.61. The molecule has 1 aromatic carbocycles. The number of fused-ring (bicyclic) bond motifs is 1. The van der Waals surface area contributed by atoms with Crippen LogP contribution in [0.1, 0.15) is 34.3 Å². The quantitative estimate of drug-likeness (QED) is 0.904.